The lowest BCUT2D eigenvalue weighted by molar-refractivity contribution is -0.144. The fraction of sp³-hybridized carbons (Fsp3) is 0.417. The van der Waals surface area contributed by atoms with Crippen molar-refractivity contribution in [1.29, 1.82) is 0 Å². The van der Waals surface area contributed by atoms with Crippen molar-refractivity contribution < 1.29 is 14.3 Å². The summed E-state index contributed by atoms with van der Waals surface area (Å²) in [7, 11) is 0. The van der Waals surface area contributed by atoms with Gasteiger partial charge in [-0.3, -0.25) is 4.79 Å². The summed E-state index contributed by atoms with van der Waals surface area (Å²) in [6, 6.07) is 7.09. The molecule has 0 aliphatic rings. The normalized spacial score (nSPS) is 9.81. The Bertz CT molecular complexity index is 322. The third-order valence-corrected chi connectivity index (χ3v) is 1.95. The molecule has 0 unspecified atom stereocenters. The van der Waals surface area contributed by atoms with Crippen LogP contribution in [0.1, 0.15) is 19.8 Å². The van der Waals surface area contributed by atoms with Gasteiger partial charge in [0.15, 0.2) is 0 Å². The van der Waals surface area contributed by atoms with Crippen molar-refractivity contribution in [3.05, 3.63) is 24.3 Å². The largest absolute Gasteiger partial charge is 0.490 e. The molecule has 0 spiro atoms. The van der Waals surface area contributed by atoms with Crippen molar-refractivity contribution >= 4 is 11.7 Å². The average Bonchev–Trinajstić information content (AvgIpc) is 2.27. The number of carbonyl (C=O) groups excluding carboxylic acids is 1. The molecule has 0 radical (unpaired) electrons. The summed E-state index contributed by atoms with van der Waals surface area (Å²) in [5.74, 6) is 0.546. The second-order valence-electron chi connectivity index (χ2n) is 3.39. The summed E-state index contributed by atoms with van der Waals surface area (Å²) < 4.78 is 10.3. The summed E-state index contributed by atoms with van der Waals surface area (Å²) in [5.41, 5.74) is 6.23. The van der Waals surface area contributed by atoms with E-state index in [0.717, 1.165) is 12.2 Å². The molecule has 0 amide bonds. The van der Waals surface area contributed by atoms with Gasteiger partial charge in [-0.15, -0.1) is 0 Å². The maximum atomic E-state index is 11.0. The van der Waals surface area contributed by atoms with Gasteiger partial charge in [0.1, 0.15) is 19.0 Å². The van der Waals surface area contributed by atoms with E-state index in [-0.39, 0.29) is 12.6 Å². The molecule has 1 rings (SSSR count). The lowest BCUT2D eigenvalue weighted by Crippen LogP contribution is -2.11. The minimum atomic E-state index is -0.177. The van der Waals surface area contributed by atoms with Crippen molar-refractivity contribution in [2.45, 2.75) is 19.8 Å². The van der Waals surface area contributed by atoms with Crippen LogP contribution in [0.2, 0.25) is 0 Å². The summed E-state index contributed by atoms with van der Waals surface area (Å²) in [5, 5.41) is 0. The van der Waals surface area contributed by atoms with Crippen LogP contribution in [0.3, 0.4) is 0 Å². The Kier molecular flexibility index (Phi) is 5.19. The van der Waals surface area contributed by atoms with Crippen LogP contribution in [-0.2, 0) is 9.53 Å². The van der Waals surface area contributed by atoms with Crippen LogP contribution in [0.25, 0.3) is 0 Å². The molecule has 0 fully saturated rings. The average molecular weight is 223 g/mol. The topological polar surface area (TPSA) is 61.5 Å². The van der Waals surface area contributed by atoms with Gasteiger partial charge in [0.2, 0.25) is 0 Å². The van der Waals surface area contributed by atoms with Gasteiger partial charge in [0.25, 0.3) is 0 Å². The van der Waals surface area contributed by atoms with E-state index >= 15 is 0 Å². The summed E-state index contributed by atoms with van der Waals surface area (Å²) in [4.78, 5) is 11.0. The molecule has 0 heterocycles. The number of anilines is 1. The third kappa shape index (κ3) is 4.68. The monoisotopic (exact) mass is 223 g/mol. The number of ether oxygens (including phenoxy) is 2. The maximum absolute atomic E-state index is 11.0. The zero-order valence-corrected chi connectivity index (χ0v) is 9.44. The molecular weight excluding hydrogens is 206 g/mol. The van der Waals surface area contributed by atoms with Crippen LogP contribution < -0.4 is 10.5 Å². The highest BCUT2D eigenvalue weighted by atomic mass is 16.6. The first-order valence-corrected chi connectivity index (χ1v) is 5.36. The Balaban J connectivity index is 2.16. The molecule has 16 heavy (non-hydrogen) atoms. The Hall–Kier alpha value is -1.71. The van der Waals surface area contributed by atoms with Crippen LogP contribution in [0.5, 0.6) is 5.75 Å². The number of hydrogen-bond acceptors (Lipinski definition) is 4. The van der Waals surface area contributed by atoms with E-state index in [1.807, 2.05) is 6.92 Å². The third-order valence-electron chi connectivity index (χ3n) is 1.95. The summed E-state index contributed by atoms with van der Waals surface area (Å²) in [6.07, 6.45) is 1.26. The zero-order valence-electron chi connectivity index (χ0n) is 9.44. The molecule has 0 aliphatic carbocycles. The molecule has 0 atom stereocenters. The smallest absolute Gasteiger partial charge is 0.305 e. The van der Waals surface area contributed by atoms with E-state index < -0.39 is 0 Å². The van der Waals surface area contributed by atoms with Gasteiger partial charge in [-0.05, 0) is 30.7 Å². The number of carbonyl (C=O) groups is 1. The molecular formula is C12H17NO3. The second kappa shape index (κ2) is 6.71. The van der Waals surface area contributed by atoms with Crippen molar-refractivity contribution in [3.8, 4) is 5.75 Å². The molecule has 0 aliphatic heterocycles. The van der Waals surface area contributed by atoms with E-state index in [9.17, 15) is 4.79 Å². The minimum Gasteiger partial charge on any atom is -0.490 e. The molecule has 88 valence electrons. The van der Waals surface area contributed by atoms with Crippen LogP contribution in [-0.4, -0.2) is 19.2 Å². The number of hydrogen-bond donors (Lipinski definition) is 1. The molecule has 0 saturated carbocycles. The SMILES string of the molecule is CCCC(=O)OCCOc1ccc(N)cc1. The van der Waals surface area contributed by atoms with Crippen LogP contribution in [0.4, 0.5) is 5.69 Å². The van der Waals surface area contributed by atoms with Crippen molar-refractivity contribution in [1.82, 2.24) is 0 Å². The number of benzene rings is 1. The molecule has 1 aromatic carbocycles. The van der Waals surface area contributed by atoms with Crippen LogP contribution in [0, 0.1) is 0 Å². The quantitative estimate of drug-likeness (QED) is 0.455. The lowest BCUT2D eigenvalue weighted by atomic mass is 10.3. The van der Waals surface area contributed by atoms with Gasteiger partial charge in [-0.25, -0.2) is 0 Å². The van der Waals surface area contributed by atoms with E-state index in [2.05, 4.69) is 0 Å². The second-order valence-corrected chi connectivity index (χ2v) is 3.39. The molecule has 0 bridgehead atoms. The predicted molar refractivity (Wildman–Crippen MR) is 62.2 cm³/mol. The Morgan fingerprint density at radius 1 is 1.25 bits per heavy atom. The van der Waals surface area contributed by atoms with E-state index in [0.29, 0.717) is 18.7 Å². The molecule has 1 aromatic rings. The Labute approximate surface area is 95.3 Å². The van der Waals surface area contributed by atoms with E-state index in [4.69, 9.17) is 15.2 Å². The number of nitrogen functional groups attached to an aromatic ring is 1. The Morgan fingerprint density at radius 3 is 2.56 bits per heavy atom. The minimum absolute atomic E-state index is 0.177. The first-order chi connectivity index (χ1) is 7.72. The highest BCUT2D eigenvalue weighted by Gasteiger charge is 2.00. The lowest BCUT2D eigenvalue weighted by Gasteiger charge is -2.07. The predicted octanol–water partition coefficient (Wildman–Crippen LogP) is 1.99. The van der Waals surface area contributed by atoms with Gasteiger partial charge in [-0.2, -0.15) is 0 Å². The zero-order chi connectivity index (χ0) is 11.8. The summed E-state index contributed by atoms with van der Waals surface area (Å²) in [6.45, 7) is 2.58. The fourth-order valence-electron chi connectivity index (χ4n) is 1.16. The first kappa shape index (κ1) is 12.4. The van der Waals surface area contributed by atoms with Crippen molar-refractivity contribution in [2.24, 2.45) is 0 Å². The highest BCUT2D eigenvalue weighted by Crippen LogP contribution is 2.12. The van der Waals surface area contributed by atoms with Gasteiger partial charge in [0.05, 0.1) is 0 Å². The molecule has 0 saturated heterocycles. The van der Waals surface area contributed by atoms with Gasteiger partial charge < -0.3 is 15.2 Å². The standard InChI is InChI=1S/C12H17NO3/c1-2-3-12(14)16-9-8-15-11-6-4-10(13)5-7-11/h4-7H,2-3,8-9,13H2,1H3. The molecule has 4 nitrogen and oxygen atoms in total. The van der Waals surface area contributed by atoms with Gasteiger partial charge in [-0.1, -0.05) is 6.92 Å². The number of rotatable bonds is 6. The van der Waals surface area contributed by atoms with Crippen LogP contribution >= 0.6 is 0 Å². The number of nitrogens with two attached hydrogens (primary N) is 1. The summed E-state index contributed by atoms with van der Waals surface area (Å²) >= 11 is 0. The maximum Gasteiger partial charge on any atom is 0.305 e. The van der Waals surface area contributed by atoms with Gasteiger partial charge in [0, 0.05) is 12.1 Å². The molecule has 4 heteroatoms. The highest BCUT2D eigenvalue weighted by molar-refractivity contribution is 5.69. The van der Waals surface area contributed by atoms with Crippen LogP contribution in [0.15, 0.2) is 24.3 Å². The number of esters is 1. The first-order valence-electron chi connectivity index (χ1n) is 5.36. The Morgan fingerprint density at radius 2 is 1.94 bits per heavy atom. The van der Waals surface area contributed by atoms with Gasteiger partial charge >= 0.3 is 5.97 Å². The van der Waals surface area contributed by atoms with Crippen molar-refractivity contribution in [3.63, 3.8) is 0 Å². The van der Waals surface area contributed by atoms with E-state index in [1.165, 1.54) is 0 Å². The molecule has 0 aromatic heterocycles. The van der Waals surface area contributed by atoms with E-state index in [1.54, 1.807) is 24.3 Å². The molecule has 2 N–H and O–H groups in total. The van der Waals surface area contributed by atoms with Crippen molar-refractivity contribution in [2.75, 3.05) is 18.9 Å². The fourth-order valence-corrected chi connectivity index (χ4v) is 1.16.